The summed E-state index contributed by atoms with van der Waals surface area (Å²) in [5.74, 6) is -1.53. The standard InChI is InChI=1S/C16H21N3O4/c1-15(2,3)22-14(20)19-9-7-13(19)16(21)10-12(18-23-16)11-6-4-5-8-17-11/h4-6,8,13,21H,7,9-10H2,1-3H3. The van der Waals surface area contributed by atoms with Crippen LogP contribution >= 0.6 is 0 Å². The van der Waals surface area contributed by atoms with Crippen LogP contribution in [0.2, 0.25) is 0 Å². The zero-order valence-corrected chi connectivity index (χ0v) is 13.5. The topological polar surface area (TPSA) is 84.2 Å². The van der Waals surface area contributed by atoms with Crippen LogP contribution in [0, 0.1) is 0 Å². The summed E-state index contributed by atoms with van der Waals surface area (Å²) in [5.41, 5.74) is 0.655. The Morgan fingerprint density at radius 3 is 2.83 bits per heavy atom. The number of carbonyl (C=O) groups is 1. The highest BCUT2D eigenvalue weighted by atomic mass is 16.7. The number of likely N-dealkylation sites (tertiary alicyclic amines) is 1. The van der Waals surface area contributed by atoms with Crippen LogP contribution in [0.5, 0.6) is 0 Å². The first-order valence-electron chi connectivity index (χ1n) is 7.67. The molecule has 2 aliphatic heterocycles. The van der Waals surface area contributed by atoms with Gasteiger partial charge in [0.05, 0.1) is 12.1 Å². The molecule has 0 aromatic carbocycles. The maximum absolute atomic E-state index is 12.2. The molecule has 7 heteroatoms. The van der Waals surface area contributed by atoms with Crippen LogP contribution in [0.15, 0.2) is 29.6 Å². The van der Waals surface area contributed by atoms with Crippen molar-refractivity contribution in [3.63, 3.8) is 0 Å². The molecule has 1 aromatic heterocycles. The van der Waals surface area contributed by atoms with Gasteiger partial charge >= 0.3 is 6.09 Å². The number of rotatable bonds is 2. The van der Waals surface area contributed by atoms with Gasteiger partial charge in [-0.15, -0.1) is 0 Å². The van der Waals surface area contributed by atoms with Crippen LogP contribution < -0.4 is 0 Å². The summed E-state index contributed by atoms with van der Waals surface area (Å²) >= 11 is 0. The van der Waals surface area contributed by atoms with E-state index >= 15 is 0 Å². The Kier molecular flexibility index (Phi) is 3.75. The van der Waals surface area contributed by atoms with Gasteiger partial charge in [-0.1, -0.05) is 11.2 Å². The van der Waals surface area contributed by atoms with E-state index in [9.17, 15) is 9.90 Å². The lowest BCUT2D eigenvalue weighted by molar-refractivity contribution is -0.240. The number of ether oxygens (including phenoxy) is 1. The van der Waals surface area contributed by atoms with Gasteiger partial charge in [0.1, 0.15) is 17.4 Å². The van der Waals surface area contributed by atoms with Gasteiger partial charge in [0, 0.05) is 12.7 Å². The average molecular weight is 319 g/mol. The van der Waals surface area contributed by atoms with E-state index in [2.05, 4.69) is 10.1 Å². The molecule has 2 unspecified atom stereocenters. The van der Waals surface area contributed by atoms with E-state index in [0.717, 1.165) is 0 Å². The first-order chi connectivity index (χ1) is 10.8. The van der Waals surface area contributed by atoms with Crippen LogP contribution in [-0.2, 0) is 9.57 Å². The molecule has 0 spiro atoms. The summed E-state index contributed by atoms with van der Waals surface area (Å²) in [6.45, 7) is 5.96. The summed E-state index contributed by atoms with van der Waals surface area (Å²) in [5, 5.41) is 14.7. The number of amides is 1. The Balaban J connectivity index is 1.67. The smallest absolute Gasteiger partial charge is 0.410 e. The number of aromatic nitrogens is 1. The molecule has 0 bridgehead atoms. The van der Waals surface area contributed by atoms with Gasteiger partial charge in [-0.05, 0) is 39.3 Å². The SMILES string of the molecule is CC(C)(C)OC(=O)N1CCC1C1(O)CC(c2ccccn2)=NO1. The molecule has 0 radical (unpaired) electrons. The second kappa shape index (κ2) is 5.49. The number of nitrogens with zero attached hydrogens (tertiary/aromatic N) is 3. The molecule has 124 valence electrons. The highest BCUT2D eigenvalue weighted by Crippen LogP contribution is 2.36. The van der Waals surface area contributed by atoms with E-state index in [0.29, 0.717) is 24.4 Å². The third-order valence-electron chi connectivity index (χ3n) is 3.86. The van der Waals surface area contributed by atoms with Gasteiger partial charge in [0.25, 0.3) is 5.79 Å². The number of oxime groups is 1. The second-order valence-corrected chi connectivity index (χ2v) is 6.84. The lowest BCUT2D eigenvalue weighted by atomic mass is 9.90. The molecule has 2 aliphatic rings. The van der Waals surface area contributed by atoms with Crippen molar-refractivity contribution in [2.24, 2.45) is 5.16 Å². The summed E-state index contributed by atoms with van der Waals surface area (Å²) in [6.07, 6.45) is 2.04. The number of hydrogen-bond acceptors (Lipinski definition) is 6. The van der Waals surface area contributed by atoms with Crippen LogP contribution in [0.1, 0.15) is 39.3 Å². The molecule has 1 amide bonds. The summed E-state index contributed by atoms with van der Waals surface area (Å²) in [7, 11) is 0. The van der Waals surface area contributed by atoms with Crippen molar-refractivity contribution in [1.82, 2.24) is 9.88 Å². The van der Waals surface area contributed by atoms with Crippen LogP contribution in [0.25, 0.3) is 0 Å². The summed E-state index contributed by atoms with van der Waals surface area (Å²) < 4.78 is 5.36. The number of pyridine rings is 1. The van der Waals surface area contributed by atoms with Crippen LogP contribution in [0.4, 0.5) is 4.79 Å². The van der Waals surface area contributed by atoms with E-state index in [1.807, 2.05) is 32.9 Å². The van der Waals surface area contributed by atoms with E-state index in [-0.39, 0.29) is 6.42 Å². The predicted octanol–water partition coefficient (Wildman–Crippen LogP) is 1.90. The highest BCUT2D eigenvalue weighted by molar-refractivity contribution is 5.99. The average Bonchev–Trinajstić information content (AvgIpc) is 2.79. The molecule has 3 heterocycles. The van der Waals surface area contributed by atoms with E-state index in [1.165, 1.54) is 4.90 Å². The molecule has 1 saturated heterocycles. The molecule has 1 fully saturated rings. The number of hydrogen-bond donors (Lipinski definition) is 1. The van der Waals surface area contributed by atoms with Crippen LogP contribution in [0.3, 0.4) is 0 Å². The second-order valence-electron chi connectivity index (χ2n) is 6.84. The van der Waals surface area contributed by atoms with E-state index < -0.39 is 23.5 Å². The Morgan fingerprint density at radius 1 is 1.48 bits per heavy atom. The lowest BCUT2D eigenvalue weighted by Crippen LogP contribution is -2.63. The Morgan fingerprint density at radius 2 is 2.26 bits per heavy atom. The Hall–Kier alpha value is -2.15. The van der Waals surface area contributed by atoms with Gasteiger partial charge in [-0.2, -0.15) is 0 Å². The monoisotopic (exact) mass is 319 g/mol. The fourth-order valence-electron chi connectivity index (χ4n) is 2.68. The van der Waals surface area contributed by atoms with Crippen LogP contribution in [-0.4, -0.2) is 50.8 Å². The first-order valence-corrected chi connectivity index (χ1v) is 7.67. The summed E-state index contributed by atoms with van der Waals surface area (Å²) in [4.78, 5) is 23.2. The van der Waals surface area contributed by atoms with Crippen molar-refractivity contribution in [2.75, 3.05) is 6.54 Å². The minimum Gasteiger partial charge on any atom is -0.444 e. The molecule has 2 atom stereocenters. The van der Waals surface area contributed by atoms with Crippen molar-refractivity contribution in [2.45, 2.75) is 51.0 Å². The molecule has 1 aromatic rings. The fourth-order valence-corrected chi connectivity index (χ4v) is 2.68. The quantitative estimate of drug-likeness (QED) is 0.900. The third kappa shape index (κ3) is 3.14. The molecule has 23 heavy (non-hydrogen) atoms. The summed E-state index contributed by atoms with van der Waals surface area (Å²) in [6, 6.07) is 4.99. The van der Waals surface area contributed by atoms with Gasteiger partial charge in [0.15, 0.2) is 0 Å². The Bertz CT molecular complexity index is 626. The molecule has 1 N–H and O–H groups in total. The predicted molar refractivity (Wildman–Crippen MR) is 82.8 cm³/mol. The van der Waals surface area contributed by atoms with Gasteiger partial charge in [-0.25, -0.2) is 4.79 Å². The van der Waals surface area contributed by atoms with E-state index in [4.69, 9.17) is 9.57 Å². The molecule has 7 nitrogen and oxygen atoms in total. The molecule has 0 saturated carbocycles. The molecular weight excluding hydrogens is 298 g/mol. The largest absolute Gasteiger partial charge is 0.444 e. The minimum atomic E-state index is -1.53. The number of carbonyl (C=O) groups excluding carboxylic acids is 1. The number of aliphatic hydroxyl groups is 1. The molecule has 0 aliphatic carbocycles. The first kappa shape index (κ1) is 15.7. The van der Waals surface area contributed by atoms with Crippen molar-refractivity contribution in [3.05, 3.63) is 30.1 Å². The van der Waals surface area contributed by atoms with Crippen molar-refractivity contribution in [1.29, 1.82) is 0 Å². The van der Waals surface area contributed by atoms with Crippen molar-refractivity contribution in [3.8, 4) is 0 Å². The zero-order valence-electron chi connectivity index (χ0n) is 13.5. The van der Waals surface area contributed by atoms with Crippen molar-refractivity contribution < 1.29 is 19.5 Å². The molecule has 3 rings (SSSR count). The van der Waals surface area contributed by atoms with Crippen molar-refractivity contribution >= 4 is 11.8 Å². The minimum absolute atomic E-state index is 0.188. The maximum atomic E-state index is 12.2. The highest BCUT2D eigenvalue weighted by Gasteiger charge is 2.54. The molecular formula is C16H21N3O4. The fraction of sp³-hybridized carbons (Fsp3) is 0.562. The Labute approximate surface area is 134 Å². The third-order valence-corrected chi connectivity index (χ3v) is 3.86. The van der Waals surface area contributed by atoms with E-state index in [1.54, 1.807) is 12.3 Å². The maximum Gasteiger partial charge on any atom is 0.410 e. The van der Waals surface area contributed by atoms with Gasteiger partial charge in [0.2, 0.25) is 0 Å². The zero-order chi connectivity index (χ0) is 16.7. The normalized spacial score (nSPS) is 27.0. The lowest BCUT2D eigenvalue weighted by Gasteiger charge is -2.46. The van der Waals surface area contributed by atoms with Gasteiger partial charge < -0.3 is 14.7 Å². The van der Waals surface area contributed by atoms with Gasteiger partial charge in [-0.3, -0.25) is 9.88 Å².